The summed E-state index contributed by atoms with van der Waals surface area (Å²) in [6.07, 6.45) is 0.505. The van der Waals surface area contributed by atoms with Crippen molar-refractivity contribution in [1.82, 2.24) is 4.90 Å². The number of piperidine rings is 1. The van der Waals surface area contributed by atoms with Gasteiger partial charge in [0.15, 0.2) is 11.2 Å². The van der Waals surface area contributed by atoms with Crippen molar-refractivity contribution in [2.75, 3.05) is 20.7 Å². The predicted molar refractivity (Wildman–Crippen MR) is 89.0 cm³/mol. The van der Waals surface area contributed by atoms with Crippen molar-refractivity contribution >= 4 is 11.9 Å². The predicted octanol–water partition coefficient (Wildman–Crippen LogP) is 1.68. The largest absolute Gasteiger partial charge is 0.466 e. The zero-order chi connectivity index (χ0) is 18.2. The van der Waals surface area contributed by atoms with Crippen molar-refractivity contribution in [3.63, 3.8) is 0 Å². The molecule has 3 fully saturated rings. The van der Waals surface area contributed by atoms with Gasteiger partial charge in [-0.1, -0.05) is 23.8 Å². The normalized spacial score (nSPS) is 39.4. The first kappa shape index (κ1) is 16.5. The molecule has 3 saturated heterocycles. The van der Waals surface area contributed by atoms with Gasteiger partial charge < -0.3 is 14.2 Å². The molecule has 0 radical (unpaired) electrons. The maximum atomic E-state index is 12.5. The zero-order valence-electron chi connectivity index (χ0n) is 15.2. The number of hydrogen-bond acceptors (Lipinski definition) is 6. The summed E-state index contributed by atoms with van der Waals surface area (Å²) in [6, 6.07) is 6.38. The molecule has 6 heteroatoms. The summed E-state index contributed by atoms with van der Waals surface area (Å²) in [7, 11) is 3.28. The molecule has 6 nitrogen and oxygen atoms in total. The van der Waals surface area contributed by atoms with Crippen LogP contribution in [-0.4, -0.2) is 54.3 Å². The van der Waals surface area contributed by atoms with E-state index in [0.29, 0.717) is 13.0 Å². The Morgan fingerprint density at radius 3 is 2.72 bits per heavy atom. The molecule has 4 unspecified atom stereocenters. The third-order valence-electron chi connectivity index (χ3n) is 6.14. The van der Waals surface area contributed by atoms with Gasteiger partial charge in [-0.15, -0.1) is 0 Å². The molecule has 0 amide bonds. The van der Waals surface area contributed by atoms with Crippen LogP contribution < -0.4 is 0 Å². The third-order valence-corrected chi connectivity index (χ3v) is 6.14. The Morgan fingerprint density at radius 2 is 2.08 bits per heavy atom. The van der Waals surface area contributed by atoms with E-state index < -0.39 is 28.7 Å². The van der Waals surface area contributed by atoms with Crippen LogP contribution in [0.3, 0.4) is 0 Å². The summed E-state index contributed by atoms with van der Waals surface area (Å²) < 4.78 is 16.4. The number of esters is 2. The maximum Gasteiger partial charge on any atom is 0.354 e. The van der Waals surface area contributed by atoms with Gasteiger partial charge in [-0.3, -0.25) is 4.90 Å². The molecule has 0 aromatic heterocycles. The van der Waals surface area contributed by atoms with E-state index in [9.17, 15) is 9.59 Å². The van der Waals surface area contributed by atoms with Crippen LogP contribution in [0.2, 0.25) is 0 Å². The van der Waals surface area contributed by atoms with Gasteiger partial charge in [0.2, 0.25) is 0 Å². The second kappa shape index (κ2) is 4.83. The molecule has 3 aliphatic heterocycles. The molecule has 1 aromatic rings. The average molecular weight is 345 g/mol. The van der Waals surface area contributed by atoms with Gasteiger partial charge >= 0.3 is 11.9 Å². The van der Waals surface area contributed by atoms with Crippen molar-refractivity contribution in [2.45, 2.75) is 50.0 Å². The number of methoxy groups -OCH3 is 1. The van der Waals surface area contributed by atoms with E-state index in [1.807, 2.05) is 14.0 Å². The van der Waals surface area contributed by atoms with Crippen molar-refractivity contribution in [3.05, 3.63) is 34.9 Å². The second-order valence-electron chi connectivity index (χ2n) is 7.72. The summed E-state index contributed by atoms with van der Waals surface area (Å²) in [4.78, 5) is 27.0. The van der Waals surface area contributed by atoms with Crippen LogP contribution in [0.1, 0.15) is 36.1 Å². The number of nitrogens with zero attached hydrogens (tertiary/aromatic N) is 1. The Balaban J connectivity index is 1.77. The third kappa shape index (κ3) is 1.81. The molecule has 1 spiro atoms. The van der Waals surface area contributed by atoms with Gasteiger partial charge in [-0.2, -0.15) is 0 Å². The molecular formula is C19H23NO5. The Kier molecular flexibility index (Phi) is 3.19. The number of aryl methyl sites for hydroxylation is 2. The van der Waals surface area contributed by atoms with E-state index >= 15 is 0 Å². The van der Waals surface area contributed by atoms with Crippen LogP contribution in [0.15, 0.2) is 18.2 Å². The lowest BCUT2D eigenvalue weighted by molar-refractivity contribution is -0.178. The van der Waals surface area contributed by atoms with Gasteiger partial charge in [0.05, 0.1) is 7.11 Å². The fraction of sp³-hybridized carbons (Fsp3) is 0.579. The molecule has 0 saturated carbocycles. The summed E-state index contributed by atoms with van der Waals surface area (Å²) in [5.74, 6) is -1.29. The lowest BCUT2D eigenvalue weighted by Gasteiger charge is -2.45. The number of hydrogen-bond donors (Lipinski definition) is 0. The Labute approximate surface area is 147 Å². The fourth-order valence-corrected chi connectivity index (χ4v) is 4.84. The molecule has 0 N–H and O–H groups in total. The summed E-state index contributed by atoms with van der Waals surface area (Å²) in [5, 5.41) is 0. The highest BCUT2D eigenvalue weighted by Gasteiger charge is 2.93. The number of epoxide rings is 1. The van der Waals surface area contributed by atoms with Gasteiger partial charge in [0.1, 0.15) is 0 Å². The minimum Gasteiger partial charge on any atom is -0.466 e. The van der Waals surface area contributed by atoms with Crippen LogP contribution in [-0.2, 0) is 23.8 Å². The van der Waals surface area contributed by atoms with Crippen molar-refractivity contribution in [2.24, 2.45) is 0 Å². The minimum absolute atomic E-state index is 0.0368. The van der Waals surface area contributed by atoms with Gasteiger partial charge in [-0.05, 0) is 38.9 Å². The quantitative estimate of drug-likeness (QED) is 0.461. The van der Waals surface area contributed by atoms with E-state index in [2.05, 4.69) is 36.9 Å². The van der Waals surface area contributed by atoms with Crippen LogP contribution in [0.4, 0.5) is 0 Å². The molecule has 1 aromatic carbocycles. The molecule has 134 valence electrons. The second-order valence-corrected chi connectivity index (χ2v) is 7.72. The number of benzene rings is 1. The molecule has 0 aliphatic carbocycles. The van der Waals surface area contributed by atoms with E-state index in [-0.39, 0.29) is 6.04 Å². The topological polar surface area (TPSA) is 68.4 Å². The summed E-state index contributed by atoms with van der Waals surface area (Å²) in [5.41, 5.74) is 0.147. The number of rotatable bonds is 2. The Bertz CT molecular complexity index is 792. The molecule has 4 atom stereocenters. The maximum absolute atomic E-state index is 12.5. The van der Waals surface area contributed by atoms with Crippen molar-refractivity contribution in [3.8, 4) is 0 Å². The molecular weight excluding hydrogens is 322 g/mol. The van der Waals surface area contributed by atoms with Crippen LogP contribution in [0, 0.1) is 13.8 Å². The van der Waals surface area contributed by atoms with E-state index in [1.54, 1.807) is 0 Å². The van der Waals surface area contributed by atoms with E-state index in [4.69, 9.17) is 14.2 Å². The highest BCUT2D eigenvalue weighted by Crippen LogP contribution is 2.68. The van der Waals surface area contributed by atoms with E-state index in [0.717, 1.165) is 0 Å². The summed E-state index contributed by atoms with van der Waals surface area (Å²) in [6.45, 7) is 6.49. The SMILES string of the molecule is COC(=O)C12OC13CC(c1ccc(C)cc1C)N(C)CC3(C)OC2=O. The van der Waals surface area contributed by atoms with E-state index in [1.165, 1.54) is 23.8 Å². The van der Waals surface area contributed by atoms with Crippen molar-refractivity contribution < 1.29 is 23.8 Å². The lowest BCUT2D eigenvalue weighted by Crippen LogP contribution is -2.58. The molecule has 0 bridgehead atoms. The van der Waals surface area contributed by atoms with Gasteiger partial charge in [-0.25, -0.2) is 9.59 Å². The van der Waals surface area contributed by atoms with Crippen LogP contribution in [0.5, 0.6) is 0 Å². The highest BCUT2D eigenvalue weighted by molar-refractivity contribution is 6.11. The molecule has 3 aliphatic rings. The van der Waals surface area contributed by atoms with Crippen LogP contribution in [0.25, 0.3) is 0 Å². The molecule has 25 heavy (non-hydrogen) atoms. The van der Waals surface area contributed by atoms with Crippen molar-refractivity contribution in [1.29, 1.82) is 0 Å². The number of carbonyl (C=O) groups excluding carboxylic acids is 2. The average Bonchev–Trinajstić information content (AvgIpc) is 3.18. The van der Waals surface area contributed by atoms with Crippen LogP contribution >= 0.6 is 0 Å². The Morgan fingerprint density at radius 1 is 1.36 bits per heavy atom. The minimum atomic E-state index is -1.60. The smallest absolute Gasteiger partial charge is 0.354 e. The first-order chi connectivity index (χ1) is 11.7. The van der Waals surface area contributed by atoms with Gasteiger partial charge in [0, 0.05) is 19.0 Å². The van der Waals surface area contributed by atoms with Gasteiger partial charge in [0.25, 0.3) is 5.60 Å². The first-order valence-corrected chi connectivity index (χ1v) is 8.50. The first-order valence-electron chi connectivity index (χ1n) is 8.50. The molecule has 3 heterocycles. The Hall–Kier alpha value is -1.92. The number of likely N-dealkylation sites (N-methyl/N-ethyl adjacent to an activating group) is 1. The molecule has 4 rings (SSSR count). The number of ether oxygens (including phenoxy) is 3. The lowest BCUT2D eigenvalue weighted by atomic mass is 9.72. The zero-order valence-corrected chi connectivity index (χ0v) is 15.2. The standard InChI is InChI=1S/C19H23NO5/c1-11-6-7-13(12(2)8-11)14-9-18-17(3,10-20(14)4)24-16(22)19(18,25-18)15(21)23-5/h6-8,14H,9-10H2,1-5H3. The number of carbonyl (C=O) groups is 2. The highest BCUT2D eigenvalue weighted by atomic mass is 16.7. The monoisotopic (exact) mass is 345 g/mol. The summed E-state index contributed by atoms with van der Waals surface area (Å²) >= 11 is 0. The fourth-order valence-electron chi connectivity index (χ4n) is 4.84. The number of likely N-dealkylation sites (tertiary alicyclic amines) is 1.